The van der Waals surface area contributed by atoms with Gasteiger partial charge in [0.2, 0.25) is 0 Å². The van der Waals surface area contributed by atoms with Gasteiger partial charge in [-0.25, -0.2) is 4.39 Å². The lowest BCUT2D eigenvalue weighted by Crippen LogP contribution is -1.97. The molecular formula is C14H17FN2. The molecule has 0 amide bonds. The van der Waals surface area contributed by atoms with E-state index in [0.717, 1.165) is 22.4 Å². The maximum atomic E-state index is 12.6. The van der Waals surface area contributed by atoms with E-state index in [1.54, 1.807) is 19.5 Å². The van der Waals surface area contributed by atoms with Crippen LogP contribution in [0.5, 0.6) is 0 Å². The van der Waals surface area contributed by atoms with Crippen molar-refractivity contribution in [2.45, 2.75) is 19.8 Å². The summed E-state index contributed by atoms with van der Waals surface area (Å²) >= 11 is 0. The summed E-state index contributed by atoms with van der Waals surface area (Å²) in [5.41, 5.74) is 3.70. The highest BCUT2D eigenvalue weighted by molar-refractivity contribution is 6.08. The minimum Gasteiger partial charge on any atom is -0.296 e. The summed E-state index contributed by atoms with van der Waals surface area (Å²) in [6, 6.07) is 1.99. The average molecular weight is 232 g/mol. The Morgan fingerprint density at radius 3 is 2.76 bits per heavy atom. The second-order valence-electron chi connectivity index (χ2n) is 3.92. The molecule has 3 heteroatoms. The van der Waals surface area contributed by atoms with Crippen LogP contribution in [-0.2, 0) is 6.42 Å². The molecule has 1 aromatic heterocycles. The number of halogens is 1. The molecule has 0 unspecified atom stereocenters. The molecule has 0 radical (unpaired) electrons. The standard InChI is InChI=1S/C14H17FN2/c1-10-7-13(11(2)8-16-4)9-17-14(10)6-5-12(3)15/h7-9H,2-3,5-6H2,1,4H3. The fourth-order valence-electron chi connectivity index (χ4n) is 1.52. The largest absolute Gasteiger partial charge is 0.296 e. The van der Waals surface area contributed by atoms with Gasteiger partial charge < -0.3 is 0 Å². The third-order valence-electron chi connectivity index (χ3n) is 2.48. The van der Waals surface area contributed by atoms with Crippen molar-refractivity contribution in [1.29, 1.82) is 0 Å². The molecule has 1 rings (SSSR count). The van der Waals surface area contributed by atoms with Gasteiger partial charge in [-0.2, -0.15) is 0 Å². The van der Waals surface area contributed by atoms with Crippen molar-refractivity contribution < 1.29 is 4.39 Å². The minimum atomic E-state index is -0.308. The van der Waals surface area contributed by atoms with Crippen LogP contribution in [0.1, 0.15) is 23.2 Å². The van der Waals surface area contributed by atoms with E-state index in [9.17, 15) is 4.39 Å². The second kappa shape index (κ2) is 6.09. The molecule has 0 saturated carbocycles. The van der Waals surface area contributed by atoms with Crippen LogP contribution in [0.2, 0.25) is 0 Å². The van der Waals surface area contributed by atoms with Crippen LogP contribution in [0.25, 0.3) is 5.57 Å². The predicted molar refractivity (Wildman–Crippen MR) is 71.0 cm³/mol. The van der Waals surface area contributed by atoms with Gasteiger partial charge >= 0.3 is 0 Å². The maximum absolute atomic E-state index is 12.6. The van der Waals surface area contributed by atoms with Crippen LogP contribution < -0.4 is 0 Å². The first-order valence-electron chi connectivity index (χ1n) is 5.45. The minimum absolute atomic E-state index is 0.308. The summed E-state index contributed by atoms with van der Waals surface area (Å²) in [5, 5.41) is 0. The third kappa shape index (κ3) is 3.94. The Balaban J connectivity index is 2.86. The maximum Gasteiger partial charge on any atom is 0.0931 e. The Labute approximate surface area is 102 Å². The molecule has 0 saturated heterocycles. The molecule has 0 fully saturated rings. The first kappa shape index (κ1) is 13.3. The summed E-state index contributed by atoms with van der Waals surface area (Å²) in [6.07, 6.45) is 4.34. The van der Waals surface area contributed by atoms with Crippen molar-refractivity contribution in [3.63, 3.8) is 0 Å². The summed E-state index contributed by atoms with van der Waals surface area (Å²) in [4.78, 5) is 8.23. The molecule has 1 heterocycles. The van der Waals surface area contributed by atoms with E-state index < -0.39 is 0 Å². The second-order valence-corrected chi connectivity index (χ2v) is 3.92. The van der Waals surface area contributed by atoms with Crippen LogP contribution in [-0.4, -0.2) is 18.2 Å². The first-order valence-corrected chi connectivity index (χ1v) is 5.45. The van der Waals surface area contributed by atoms with Gasteiger partial charge in [-0.15, -0.1) is 0 Å². The lowest BCUT2D eigenvalue weighted by atomic mass is 10.0. The van der Waals surface area contributed by atoms with E-state index in [1.807, 2.05) is 13.0 Å². The van der Waals surface area contributed by atoms with Gasteiger partial charge in [0.1, 0.15) is 0 Å². The number of aliphatic imine (C=N–C) groups is 1. The van der Waals surface area contributed by atoms with E-state index in [1.165, 1.54) is 0 Å². The molecule has 0 aliphatic carbocycles. The quantitative estimate of drug-likeness (QED) is 0.713. The summed E-state index contributed by atoms with van der Waals surface area (Å²) < 4.78 is 12.6. The predicted octanol–water partition coefficient (Wildman–Crippen LogP) is 3.52. The molecule has 0 spiro atoms. The molecule has 1 aromatic rings. The Hall–Kier alpha value is -1.77. The van der Waals surface area contributed by atoms with Crippen molar-refractivity contribution in [3.8, 4) is 0 Å². The van der Waals surface area contributed by atoms with E-state index in [0.29, 0.717) is 12.8 Å². The Bertz CT molecular complexity index is 461. The molecule has 2 nitrogen and oxygen atoms in total. The van der Waals surface area contributed by atoms with Crippen LogP contribution in [0.4, 0.5) is 4.39 Å². The number of allylic oxidation sites excluding steroid dienone is 2. The number of nitrogens with zero attached hydrogens (tertiary/aromatic N) is 2. The van der Waals surface area contributed by atoms with E-state index in [2.05, 4.69) is 23.1 Å². The highest BCUT2D eigenvalue weighted by Crippen LogP contribution is 2.16. The van der Waals surface area contributed by atoms with Gasteiger partial charge in [-0.1, -0.05) is 13.2 Å². The van der Waals surface area contributed by atoms with Gasteiger partial charge in [0.25, 0.3) is 0 Å². The molecule has 0 aliphatic rings. The van der Waals surface area contributed by atoms with Gasteiger partial charge in [0.05, 0.1) is 5.83 Å². The van der Waals surface area contributed by atoms with Crippen molar-refractivity contribution in [1.82, 2.24) is 4.98 Å². The SMILES string of the molecule is C=C(F)CCc1ncc(C(=C)C=NC)cc1C. The molecule has 0 bridgehead atoms. The van der Waals surface area contributed by atoms with Gasteiger partial charge in [-0.05, 0) is 30.5 Å². The number of aromatic nitrogens is 1. The smallest absolute Gasteiger partial charge is 0.0931 e. The molecule has 0 aliphatic heterocycles. The number of hydrogen-bond donors (Lipinski definition) is 0. The number of aryl methyl sites for hydroxylation is 2. The topological polar surface area (TPSA) is 25.2 Å². The van der Waals surface area contributed by atoms with Gasteiger partial charge in [0, 0.05) is 37.1 Å². The van der Waals surface area contributed by atoms with E-state index in [4.69, 9.17) is 0 Å². The highest BCUT2D eigenvalue weighted by atomic mass is 19.1. The van der Waals surface area contributed by atoms with E-state index >= 15 is 0 Å². The van der Waals surface area contributed by atoms with Crippen molar-refractivity contribution >= 4 is 11.8 Å². The van der Waals surface area contributed by atoms with Crippen molar-refractivity contribution in [2.24, 2.45) is 4.99 Å². The first-order chi connectivity index (χ1) is 8.04. The molecule has 0 aromatic carbocycles. The van der Waals surface area contributed by atoms with Crippen LogP contribution in [0.15, 0.2) is 36.2 Å². The fraction of sp³-hybridized carbons (Fsp3) is 0.286. The lowest BCUT2D eigenvalue weighted by Gasteiger charge is -2.07. The fourth-order valence-corrected chi connectivity index (χ4v) is 1.52. The zero-order valence-corrected chi connectivity index (χ0v) is 10.3. The highest BCUT2D eigenvalue weighted by Gasteiger charge is 2.04. The van der Waals surface area contributed by atoms with Crippen LogP contribution >= 0.6 is 0 Å². The molecule has 0 atom stereocenters. The summed E-state index contributed by atoms with van der Waals surface area (Å²) in [5.74, 6) is -0.308. The van der Waals surface area contributed by atoms with E-state index in [-0.39, 0.29) is 5.83 Å². The number of pyridine rings is 1. The zero-order chi connectivity index (χ0) is 12.8. The molecule has 17 heavy (non-hydrogen) atoms. The summed E-state index contributed by atoms with van der Waals surface area (Å²) in [7, 11) is 1.70. The Morgan fingerprint density at radius 2 is 2.24 bits per heavy atom. The van der Waals surface area contributed by atoms with Crippen LogP contribution in [0.3, 0.4) is 0 Å². The third-order valence-corrected chi connectivity index (χ3v) is 2.48. The molecule has 0 N–H and O–H groups in total. The summed E-state index contributed by atoms with van der Waals surface area (Å²) in [6.45, 7) is 9.10. The molecule has 90 valence electrons. The zero-order valence-electron chi connectivity index (χ0n) is 10.3. The Morgan fingerprint density at radius 1 is 1.53 bits per heavy atom. The van der Waals surface area contributed by atoms with Crippen LogP contribution in [0, 0.1) is 6.92 Å². The van der Waals surface area contributed by atoms with Gasteiger partial charge in [0.15, 0.2) is 0 Å². The normalized spacial score (nSPS) is 10.8. The monoisotopic (exact) mass is 232 g/mol. The number of rotatable bonds is 5. The van der Waals surface area contributed by atoms with Crippen molar-refractivity contribution in [2.75, 3.05) is 7.05 Å². The average Bonchev–Trinajstić information content (AvgIpc) is 2.27. The lowest BCUT2D eigenvalue weighted by molar-refractivity contribution is 0.590. The van der Waals surface area contributed by atoms with Gasteiger partial charge in [-0.3, -0.25) is 9.98 Å². The number of hydrogen-bond acceptors (Lipinski definition) is 2. The Kier molecular flexibility index (Phi) is 4.76. The molecular weight excluding hydrogens is 215 g/mol. The van der Waals surface area contributed by atoms with Crippen molar-refractivity contribution in [3.05, 3.63) is 48.1 Å².